The third-order valence-electron chi connectivity index (χ3n) is 4.24. The van der Waals surface area contributed by atoms with Crippen LogP contribution >= 0.6 is 0 Å². The van der Waals surface area contributed by atoms with Crippen LogP contribution in [0.4, 0.5) is 5.69 Å². The van der Waals surface area contributed by atoms with Crippen molar-refractivity contribution in [1.82, 2.24) is 0 Å². The van der Waals surface area contributed by atoms with Crippen molar-refractivity contribution in [3.8, 4) is 5.75 Å². The molecule has 1 heterocycles. The van der Waals surface area contributed by atoms with Crippen molar-refractivity contribution < 1.29 is 19.1 Å². The summed E-state index contributed by atoms with van der Waals surface area (Å²) in [5.74, 6) is -0.539. The molecule has 0 aromatic heterocycles. The molecule has 1 aromatic rings. The minimum absolute atomic E-state index is 0.470. The average molecular weight is 289 g/mol. The molecular weight excluding hydrogens is 270 g/mol. The predicted molar refractivity (Wildman–Crippen MR) is 77.2 cm³/mol. The zero-order chi connectivity index (χ0) is 14.9. The standard InChI is InChI=1S/C16H19NO4/c1-20-14(18)16(8-9-16)15(19)21-13-6-4-12(5-7-13)17-10-2-3-11-17/h4-7H,2-3,8-11H2,1H3. The van der Waals surface area contributed by atoms with E-state index in [2.05, 4.69) is 9.64 Å². The number of methoxy groups -OCH3 is 1. The minimum Gasteiger partial charge on any atom is -0.468 e. The number of carbonyl (C=O) groups excluding carboxylic acids is 2. The Labute approximate surface area is 123 Å². The number of ether oxygens (including phenoxy) is 2. The van der Waals surface area contributed by atoms with Crippen LogP contribution in [0.5, 0.6) is 5.75 Å². The second kappa shape index (κ2) is 5.39. The second-order valence-electron chi connectivity index (χ2n) is 5.65. The molecule has 21 heavy (non-hydrogen) atoms. The third-order valence-corrected chi connectivity index (χ3v) is 4.24. The van der Waals surface area contributed by atoms with Crippen LogP contribution in [-0.2, 0) is 14.3 Å². The van der Waals surface area contributed by atoms with Crippen molar-refractivity contribution in [2.24, 2.45) is 5.41 Å². The van der Waals surface area contributed by atoms with Crippen LogP contribution in [0.15, 0.2) is 24.3 Å². The fourth-order valence-electron chi connectivity index (χ4n) is 2.72. The van der Waals surface area contributed by atoms with Crippen molar-refractivity contribution in [3.05, 3.63) is 24.3 Å². The molecule has 0 radical (unpaired) electrons. The summed E-state index contributed by atoms with van der Waals surface area (Å²) in [6.07, 6.45) is 3.45. The summed E-state index contributed by atoms with van der Waals surface area (Å²) in [4.78, 5) is 26.0. The number of esters is 2. The normalized spacial score (nSPS) is 19.2. The number of nitrogens with zero attached hydrogens (tertiary/aromatic N) is 1. The summed E-state index contributed by atoms with van der Waals surface area (Å²) < 4.78 is 10.0. The highest BCUT2D eigenvalue weighted by Gasteiger charge is 2.59. The molecule has 2 aliphatic rings. The van der Waals surface area contributed by atoms with Gasteiger partial charge in [0.1, 0.15) is 5.75 Å². The van der Waals surface area contributed by atoms with Crippen LogP contribution in [0.25, 0.3) is 0 Å². The van der Waals surface area contributed by atoms with Gasteiger partial charge < -0.3 is 14.4 Å². The molecule has 1 aliphatic carbocycles. The first-order valence-corrected chi connectivity index (χ1v) is 7.31. The molecule has 3 rings (SSSR count). The van der Waals surface area contributed by atoms with Crippen molar-refractivity contribution >= 4 is 17.6 Å². The van der Waals surface area contributed by atoms with E-state index in [1.54, 1.807) is 12.1 Å². The summed E-state index contributed by atoms with van der Waals surface area (Å²) in [6, 6.07) is 7.45. The van der Waals surface area contributed by atoms with E-state index in [-0.39, 0.29) is 0 Å². The van der Waals surface area contributed by atoms with E-state index in [0.29, 0.717) is 18.6 Å². The molecule has 2 fully saturated rings. The predicted octanol–water partition coefficient (Wildman–Crippen LogP) is 2.15. The highest BCUT2D eigenvalue weighted by atomic mass is 16.6. The van der Waals surface area contributed by atoms with Gasteiger partial charge in [0.15, 0.2) is 5.41 Å². The summed E-state index contributed by atoms with van der Waals surface area (Å²) in [5, 5.41) is 0. The van der Waals surface area contributed by atoms with Crippen LogP contribution in [0.3, 0.4) is 0 Å². The van der Waals surface area contributed by atoms with Crippen LogP contribution in [0.1, 0.15) is 25.7 Å². The van der Waals surface area contributed by atoms with Gasteiger partial charge in [0.2, 0.25) is 0 Å². The summed E-state index contributed by atoms with van der Waals surface area (Å²) in [5.41, 5.74) is 0.0731. The molecule has 1 saturated heterocycles. The van der Waals surface area contributed by atoms with E-state index in [1.807, 2.05) is 12.1 Å². The highest BCUT2D eigenvalue weighted by molar-refractivity contribution is 6.03. The largest absolute Gasteiger partial charge is 0.468 e. The molecule has 0 atom stereocenters. The Morgan fingerprint density at radius 1 is 1.05 bits per heavy atom. The lowest BCUT2D eigenvalue weighted by Gasteiger charge is -2.18. The number of anilines is 1. The molecule has 0 unspecified atom stereocenters. The van der Waals surface area contributed by atoms with Gasteiger partial charge in [0.25, 0.3) is 0 Å². The molecule has 0 spiro atoms. The lowest BCUT2D eigenvalue weighted by atomic mass is 10.1. The Bertz CT molecular complexity index is 542. The van der Waals surface area contributed by atoms with Gasteiger partial charge in [-0.15, -0.1) is 0 Å². The maximum Gasteiger partial charge on any atom is 0.328 e. The summed E-state index contributed by atoms with van der Waals surface area (Å²) >= 11 is 0. The quantitative estimate of drug-likeness (QED) is 0.483. The van der Waals surface area contributed by atoms with E-state index in [0.717, 1.165) is 18.8 Å². The second-order valence-corrected chi connectivity index (χ2v) is 5.65. The maximum absolute atomic E-state index is 12.1. The van der Waals surface area contributed by atoms with Gasteiger partial charge in [-0.2, -0.15) is 0 Å². The smallest absolute Gasteiger partial charge is 0.328 e. The van der Waals surface area contributed by atoms with E-state index in [4.69, 9.17) is 4.74 Å². The molecule has 5 nitrogen and oxygen atoms in total. The number of carbonyl (C=O) groups is 2. The SMILES string of the molecule is COC(=O)C1(C(=O)Oc2ccc(N3CCCC3)cc2)CC1. The van der Waals surface area contributed by atoms with E-state index in [9.17, 15) is 9.59 Å². The summed E-state index contributed by atoms with van der Waals surface area (Å²) in [6.45, 7) is 2.15. The van der Waals surface area contributed by atoms with Crippen molar-refractivity contribution in [1.29, 1.82) is 0 Å². The van der Waals surface area contributed by atoms with Gasteiger partial charge in [-0.3, -0.25) is 9.59 Å². The number of hydrogen-bond acceptors (Lipinski definition) is 5. The Morgan fingerprint density at radius 3 is 2.19 bits per heavy atom. The average Bonchev–Trinajstić information content (AvgIpc) is 3.15. The molecule has 0 N–H and O–H groups in total. The number of rotatable bonds is 4. The number of benzene rings is 1. The zero-order valence-electron chi connectivity index (χ0n) is 12.1. The van der Waals surface area contributed by atoms with Crippen molar-refractivity contribution in [2.45, 2.75) is 25.7 Å². The van der Waals surface area contributed by atoms with Gasteiger partial charge in [0, 0.05) is 18.8 Å². The Kier molecular flexibility index (Phi) is 3.57. The lowest BCUT2D eigenvalue weighted by Crippen LogP contribution is -2.30. The zero-order valence-corrected chi connectivity index (χ0v) is 12.1. The highest BCUT2D eigenvalue weighted by Crippen LogP contribution is 2.47. The van der Waals surface area contributed by atoms with Crippen molar-refractivity contribution in [3.63, 3.8) is 0 Å². The number of hydrogen-bond donors (Lipinski definition) is 0. The molecule has 1 aliphatic heterocycles. The molecule has 1 saturated carbocycles. The Balaban J connectivity index is 1.65. The Hall–Kier alpha value is -2.04. The monoisotopic (exact) mass is 289 g/mol. The van der Waals surface area contributed by atoms with Gasteiger partial charge in [-0.1, -0.05) is 0 Å². The van der Waals surface area contributed by atoms with Crippen LogP contribution in [0.2, 0.25) is 0 Å². The van der Waals surface area contributed by atoms with E-state index < -0.39 is 17.4 Å². The molecule has 112 valence electrons. The first-order chi connectivity index (χ1) is 10.2. The molecular formula is C16H19NO4. The fraction of sp³-hybridized carbons (Fsp3) is 0.500. The summed E-state index contributed by atoms with van der Waals surface area (Å²) in [7, 11) is 1.29. The van der Waals surface area contributed by atoms with Gasteiger partial charge in [-0.05, 0) is 49.9 Å². The topological polar surface area (TPSA) is 55.8 Å². The Morgan fingerprint density at radius 2 is 1.67 bits per heavy atom. The van der Waals surface area contributed by atoms with Gasteiger partial charge >= 0.3 is 11.9 Å². The van der Waals surface area contributed by atoms with Crippen molar-refractivity contribution in [2.75, 3.05) is 25.1 Å². The van der Waals surface area contributed by atoms with Gasteiger partial charge in [-0.25, -0.2) is 0 Å². The van der Waals surface area contributed by atoms with E-state index in [1.165, 1.54) is 20.0 Å². The maximum atomic E-state index is 12.1. The van der Waals surface area contributed by atoms with E-state index >= 15 is 0 Å². The van der Waals surface area contributed by atoms with Crippen LogP contribution in [-0.4, -0.2) is 32.1 Å². The van der Waals surface area contributed by atoms with Crippen LogP contribution < -0.4 is 9.64 Å². The van der Waals surface area contributed by atoms with Crippen LogP contribution in [0, 0.1) is 5.41 Å². The molecule has 0 amide bonds. The molecule has 5 heteroatoms. The first kappa shape index (κ1) is 13.9. The molecule has 0 bridgehead atoms. The fourth-order valence-corrected chi connectivity index (χ4v) is 2.72. The third kappa shape index (κ3) is 2.60. The first-order valence-electron chi connectivity index (χ1n) is 7.31. The minimum atomic E-state index is -1.07. The van der Waals surface area contributed by atoms with Gasteiger partial charge in [0.05, 0.1) is 7.11 Å². The lowest BCUT2D eigenvalue weighted by molar-refractivity contribution is -0.157. The molecule has 1 aromatic carbocycles.